The van der Waals surface area contributed by atoms with Crippen molar-refractivity contribution in [2.75, 3.05) is 7.11 Å². The van der Waals surface area contributed by atoms with E-state index in [-0.39, 0.29) is 31.9 Å². The standard InChI is InChI=1S/C21H20Cl2N2O5/c1-29-19(26)6-5-17(20(24)27)25-10-16-15(21(25)28)3-2-4-18(16)30-11-12-7-13(22)9-14(23)8-12/h2-4,7-9,17H,5-6,10-11H2,1H3,(H2,24,27). The molecule has 1 aliphatic heterocycles. The van der Waals surface area contributed by atoms with E-state index >= 15 is 0 Å². The molecule has 2 aromatic rings. The number of nitrogens with two attached hydrogens (primary N) is 1. The first-order valence-corrected chi connectivity index (χ1v) is 9.92. The van der Waals surface area contributed by atoms with E-state index in [0.717, 1.165) is 5.56 Å². The Bertz CT molecular complexity index is 975. The van der Waals surface area contributed by atoms with Gasteiger partial charge in [0, 0.05) is 27.6 Å². The van der Waals surface area contributed by atoms with Crippen LogP contribution in [0.3, 0.4) is 0 Å². The van der Waals surface area contributed by atoms with Gasteiger partial charge < -0.3 is 20.1 Å². The molecule has 0 saturated heterocycles. The zero-order valence-corrected chi connectivity index (χ0v) is 17.7. The van der Waals surface area contributed by atoms with E-state index in [9.17, 15) is 14.4 Å². The number of primary amides is 1. The molecule has 0 spiro atoms. The van der Waals surface area contributed by atoms with Crippen molar-refractivity contribution >= 4 is 41.0 Å². The Balaban J connectivity index is 1.78. The van der Waals surface area contributed by atoms with Crippen molar-refractivity contribution in [2.24, 2.45) is 5.73 Å². The fourth-order valence-corrected chi connectivity index (χ4v) is 3.95. The van der Waals surface area contributed by atoms with Crippen LogP contribution >= 0.6 is 23.2 Å². The molecule has 0 fully saturated rings. The SMILES string of the molecule is COC(=O)CCC(C(N)=O)N1Cc2c(OCc3cc(Cl)cc(Cl)c3)cccc2C1=O. The number of ether oxygens (including phenoxy) is 2. The Morgan fingerprint density at radius 1 is 1.20 bits per heavy atom. The second-order valence-electron chi connectivity index (χ2n) is 6.81. The summed E-state index contributed by atoms with van der Waals surface area (Å²) in [5, 5.41) is 0.992. The molecule has 3 rings (SSSR count). The topological polar surface area (TPSA) is 98.9 Å². The van der Waals surface area contributed by atoms with Crippen LogP contribution in [0.2, 0.25) is 10.0 Å². The highest BCUT2D eigenvalue weighted by atomic mass is 35.5. The molecule has 158 valence electrons. The molecular weight excluding hydrogens is 431 g/mol. The van der Waals surface area contributed by atoms with Crippen LogP contribution in [0.4, 0.5) is 0 Å². The minimum Gasteiger partial charge on any atom is -0.489 e. The number of benzene rings is 2. The number of amides is 2. The zero-order valence-electron chi connectivity index (χ0n) is 16.2. The van der Waals surface area contributed by atoms with Crippen LogP contribution in [-0.4, -0.2) is 35.8 Å². The fraction of sp³-hybridized carbons (Fsp3) is 0.286. The first-order chi connectivity index (χ1) is 14.3. The smallest absolute Gasteiger partial charge is 0.305 e. The molecule has 2 N–H and O–H groups in total. The maximum Gasteiger partial charge on any atom is 0.305 e. The van der Waals surface area contributed by atoms with E-state index < -0.39 is 17.9 Å². The lowest BCUT2D eigenvalue weighted by molar-refractivity contribution is -0.141. The summed E-state index contributed by atoms with van der Waals surface area (Å²) in [4.78, 5) is 37.7. The Labute approximate surface area is 183 Å². The number of halogens is 2. The molecule has 9 heteroatoms. The summed E-state index contributed by atoms with van der Waals surface area (Å²) in [6.45, 7) is 0.349. The molecule has 1 atom stereocenters. The molecule has 1 unspecified atom stereocenters. The molecule has 30 heavy (non-hydrogen) atoms. The van der Waals surface area contributed by atoms with E-state index in [1.807, 2.05) is 0 Å². The van der Waals surface area contributed by atoms with Gasteiger partial charge in [-0.1, -0.05) is 29.3 Å². The Hall–Kier alpha value is -2.77. The largest absolute Gasteiger partial charge is 0.489 e. The zero-order chi connectivity index (χ0) is 21.8. The molecule has 2 amide bonds. The molecule has 0 aromatic heterocycles. The number of carbonyl (C=O) groups is 3. The number of nitrogens with zero attached hydrogens (tertiary/aromatic N) is 1. The van der Waals surface area contributed by atoms with Gasteiger partial charge in [0.2, 0.25) is 5.91 Å². The predicted molar refractivity (Wildman–Crippen MR) is 111 cm³/mol. The minimum atomic E-state index is -0.927. The summed E-state index contributed by atoms with van der Waals surface area (Å²) in [5.74, 6) is -0.990. The summed E-state index contributed by atoms with van der Waals surface area (Å²) in [5.41, 5.74) is 7.36. The Morgan fingerprint density at radius 3 is 2.53 bits per heavy atom. The normalized spacial score (nSPS) is 13.7. The molecule has 2 aromatic carbocycles. The van der Waals surface area contributed by atoms with E-state index in [1.165, 1.54) is 12.0 Å². The highest BCUT2D eigenvalue weighted by Gasteiger charge is 2.37. The predicted octanol–water partition coefficient (Wildman–Crippen LogP) is 3.34. The fourth-order valence-electron chi connectivity index (χ4n) is 3.38. The third-order valence-corrected chi connectivity index (χ3v) is 5.26. The minimum absolute atomic E-state index is 0.0247. The van der Waals surface area contributed by atoms with Crippen molar-refractivity contribution in [1.82, 2.24) is 4.90 Å². The highest BCUT2D eigenvalue weighted by molar-refractivity contribution is 6.34. The van der Waals surface area contributed by atoms with Gasteiger partial charge in [0.15, 0.2) is 0 Å². The molecule has 1 aliphatic rings. The number of hydrogen-bond donors (Lipinski definition) is 1. The van der Waals surface area contributed by atoms with Gasteiger partial charge in [0.1, 0.15) is 18.4 Å². The van der Waals surface area contributed by atoms with Crippen LogP contribution in [0.25, 0.3) is 0 Å². The highest BCUT2D eigenvalue weighted by Crippen LogP contribution is 2.33. The van der Waals surface area contributed by atoms with Gasteiger partial charge in [-0.05, 0) is 42.3 Å². The second kappa shape index (κ2) is 9.36. The maximum atomic E-state index is 12.9. The number of hydrogen-bond acceptors (Lipinski definition) is 5. The average Bonchev–Trinajstić information content (AvgIpc) is 3.02. The lowest BCUT2D eigenvalue weighted by Gasteiger charge is -2.24. The Kier molecular flexibility index (Phi) is 6.84. The number of methoxy groups -OCH3 is 1. The van der Waals surface area contributed by atoms with Crippen LogP contribution in [0.5, 0.6) is 5.75 Å². The molecule has 0 radical (unpaired) electrons. The monoisotopic (exact) mass is 450 g/mol. The second-order valence-corrected chi connectivity index (χ2v) is 7.69. The number of fused-ring (bicyclic) bond motifs is 1. The molecule has 0 saturated carbocycles. The first-order valence-electron chi connectivity index (χ1n) is 9.17. The van der Waals surface area contributed by atoms with Gasteiger partial charge in [-0.2, -0.15) is 0 Å². The summed E-state index contributed by atoms with van der Waals surface area (Å²) < 4.78 is 10.5. The summed E-state index contributed by atoms with van der Waals surface area (Å²) in [6.07, 6.45) is 0.0576. The van der Waals surface area contributed by atoms with Crippen LogP contribution in [-0.2, 0) is 27.5 Å². The van der Waals surface area contributed by atoms with Gasteiger partial charge in [-0.15, -0.1) is 0 Å². The van der Waals surface area contributed by atoms with E-state index in [0.29, 0.717) is 26.9 Å². The van der Waals surface area contributed by atoms with Gasteiger partial charge in [0.25, 0.3) is 5.91 Å². The average molecular weight is 451 g/mol. The third-order valence-electron chi connectivity index (χ3n) is 4.82. The lowest BCUT2D eigenvalue weighted by Crippen LogP contribution is -2.45. The van der Waals surface area contributed by atoms with Gasteiger partial charge >= 0.3 is 5.97 Å². The van der Waals surface area contributed by atoms with E-state index in [1.54, 1.807) is 36.4 Å². The van der Waals surface area contributed by atoms with Crippen molar-refractivity contribution in [3.05, 3.63) is 63.1 Å². The van der Waals surface area contributed by atoms with Crippen LogP contribution in [0, 0.1) is 0 Å². The van der Waals surface area contributed by atoms with Crippen molar-refractivity contribution in [3.8, 4) is 5.75 Å². The van der Waals surface area contributed by atoms with Crippen molar-refractivity contribution in [1.29, 1.82) is 0 Å². The van der Waals surface area contributed by atoms with Gasteiger partial charge in [0.05, 0.1) is 13.7 Å². The molecular formula is C21H20Cl2N2O5. The van der Waals surface area contributed by atoms with Crippen LogP contribution < -0.4 is 10.5 Å². The maximum absolute atomic E-state index is 12.9. The summed E-state index contributed by atoms with van der Waals surface area (Å²) >= 11 is 12.0. The molecule has 0 aliphatic carbocycles. The number of rotatable bonds is 8. The van der Waals surface area contributed by atoms with Crippen molar-refractivity contribution < 1.29 is 23.9 Å². The first kappa shape index (κ1) is 21.9. The van der Waals surface area contributed by atoms with Crippen molar-refractivity contribution in [3.63, 3.8) is 0 Å². The summed E-state index contributed by atoms with van der Waals surface area (Å²) in [7, 11) is 1.26. The van der Waals surface area contributed by atoms with Crippen molar-refractivity contribution in [2.45, 2.75) is 32.0 Å². The van der Waals surface area contributed by atoms with Crippen LogP contribution in [0.15, 0.2) is 36.4 Å². The third kappa shape index (κ3) is 4.86. The Morgan fingerprint density at radius 2 is 1.90 bits per heavy atom. The quantitative estimate of drug-likeness (QED) is 0.621. The van der Waals surface area contributed by atoms with Gasteiger partial charge in [-0.3, -0.25) is 14.4 Å². The molecule has 1 heterocycles. The molecule has 7 nitrogen and oxygen atoms in total. The number of esters is 1. The van der Waals surface area contributed by atoms with Gasteiger partial charge in [-0.25, -0.2) is 0 Å². The van der Waals surface area contributed by atoms with E-state index in [4.69, 9.17) is 33.7 Å². The lowest BCUT2D eigenvalue weighted by atomic mass is 10.1. The van der Waals surface area contributed by atoms with E-state index in [2.05, 4.69) is 4.74 Å². The molecule has 0 bridgehead atoms. The number of carbonyl (C=O) groups excluding carboxylic acids is 3. The van der Waals surface area contributed by atoms with Crippen LogP contribution in [0.1, 0.15) is 34.3 Å². The summed E-state index contributed by atoms with van der Waals surface area (Å²) in [6, 6.07) is 9.29.